The van der Waals surface area contributed by atoms with Crippen LogP contribution in [0.15, 0.2) is 41.6 Å². The van der Waals surface area contributed by atoms with Crippen molar-refractivity contribution in [2.24, 2.45) is 5.92 Å². The number of carboxylic acid groups (broad SMARTS) is 1. The lowest BCUT2D eigenvalue weighted by Crippen LogP contribution is -2.35. The maximum Gasteiger partial charge on any atom is 0.304 e. The Morgan fingerprint density at radius 3 is 2.56 bits per heavy atom. The Balaban J connectivity index is 1.90. The summed E-state index contributed by atoms with van der Waals surface area (Å²) in [5, 5.41) is 12.1. The lowest BCUT2D eigenvalue weighted by atomic mass is 9.87. The number of aromatic nitrogens is 2. The number of carboxylic acids is 1. The van der Waals surface area contributed by atoms with Crippen molar-refractivity contribution in [1.82, 2.24) is 14.3 Å². The number of sulfonamides is 1. The molecule has 196 valence electrons. The molecule has 12 heteroatoms. The van der Waals surface area contributed by atoms with E-state index in [9.17, 15) is 18.0 Å². The highest BCUT2D eigenvalue weighted by Gasteiger charge is 2.30. The normalized spacial score (nSPS) is 15.2. The van der Waals surface area contributed by atoms with Gasteiger partial charge >= 0.3 is 5.97 Å². The third kappa shape index (κ3) is 7.70. The summed E-state index contributed by atoms with van der Waals surface area (Å²) in [5.74, 6) is -1.58. The molecule has 2 N–H and O–H groups in total. The van der Waals surface area contributed by atoms with Crippen LogP contribution >= 0.6 is 11.6 Å². The zero-order chi connectivity index (χ0) is 26.1. The lowest BCUT2D eigenvalue weighted by molar-refractivity contribution is -0.137. The average Bonchev–Trinajstić information content (AvgIpc) is 3.37. The Morgan fingerprint density at radius 1 is 1.22 bits per heavy atom. The van der Waals surface area contributed by atoms with Gasteiger partial charge in [0.25, 0.3) is 0 Å². The molecule has 0 saturated heterocycles. The first kappa shape index (κ1) is 28.0. The highest BCUT2D eigenvalue weighted by Crippen LogP contribution is 2.35. The summed E-state index contributed by atoms with van der Waals surface area (Å²) in [5.41, 5.74) is 0.555. The fraction of sp³-hybridized carbons (Fsp3) is 0.500. The van der Waals surface area contributed by atoms with Crippen molar-refractivity contribution < 1.29 is 27.9 Å². The molecule has 1 aliphatic carbocycles. The average molecular weight is 539 g/mol. The van der Waals surface area contributed by atoms with Crippen LogP contribution in [0.4, 0.5) is 5.95 Å². The molecule has 1 amide bonds. The Morgan fingerprint density at radius 2 is 1.92 bits per heavy atom. The third-order valence-corrected chi connectivity index (χ3v) is 8.32. The highest BCUT2D eigenvalue weighted by atomic mass is 35.5. The van der Waals surface area contributed by atoms with Crippen molar-refractivity contribution in [3.63, 3.8) is 0 Å². The zero-order valence-corrected chi connectivity index (χ0v) is 21.7. The molecular formula is C24H31ClN4O6S. The Labute approximate surface area is 216 Å². The molecule has 1 aromatic heterocycles. The summed E-state index contributed by atoms with van der Waals surface area (Å²) in [4.78, 5) is 32.5. The van der Waals surface area contributed by atoms with Crippen LogP contribution in [-0.4, -0.2) is 66.5 Å². The molecule has 1 aliphatic rings. The summed E-state index contributed by atoms with van der Waals surface area (Å²) in [6, 6.07) is 6.28. The summed E-state index contributed by atoms with van der Waals surface area (Å²) in [7, 11) is -2.58. The highest BCUT2D eigenvalue weighted by molar-refractivity contribution is 7.89. The van der Waals surface area contributed by atoms with Crippen molar-refractivity contribution in [1.29, 1.82) is 0 Å². The van der Waals surface area contributed by atoms with Gasteiger partial charge in [-0.05, 0) is 30.0 Å². The van der Waals surface area contributed by atoms with Gasteiger partial charge in [0.05, 0.1) is 41.3 Å². The van der Waals surface area contributed by atoms with E-state index in [2.05, 4.69) is 15.3 Å². The zero-order valence-electron chi connectivity index (χ0n) is 20.1. The Kier molecular flexibility index (Phi) is 10.2. The molecule has 1 heterocycles. The molecule has 1 saturated carbocycles. The topological polar surface area (TPSA) is 139 Å². The smallest absolute Gasteiger partial charge is 0.304 e. The van der Waals surface area contributed by atoms with E-state index < -0.39 is 21.9 Å². The van der Waals surface area contributed by atoms with Gasteiger partial charge in [0, 0.05) is 20.2 Å². The predicted octanol–water partition coefficient (Wildman–Crippen LogP) is 3.54. The molecule has 0 aliphatic heterocycles. The number of halogens is 1. The lowest BCUT2D eigenvalue weighted by Gasteiger charge is -2.23. The van der Waals surface area contributed by atoms with E-state index in [4.69, 9.17) is 21.4 Å². The standard InChI is InChI=1S/C24H31ClN4O6S/c1-35-12-11-29(10-9-22(30)31)36(33,34)20-8-4-7-18(14-20)21(13-17-5-2-3-6-17)23(32)28-24-26-15-19(25)16-27-24/h4,7-8,14-17,21H,2-3,5-6,9-13H2,1H3,(H,30,31)(H,26,27,28,32). The van der Waals surface area contributed by atoms with Crippen LogP contribution < -0.4 is 5.32 Å². The summed E-state index contributed by atoms with van der Waals surface area (Å²) in [6.07, 6.45) is 7.23. The molecule has 1 aromatic carbocycles. The maximum absolute atomic E-state index is 13.4. The minimum Gasteiger partial charge on any atom is -0.481 e. The van der Waals surface area contributed by atoms with E-state index in [1.807, 2.05) is 0 Å². The van der Waals surface area contributed by atoms with Crippen molar-refractivity contribution in [3.05, 3.63) is 47.2 Å². The number of benzene rings is 1. The van der Waals surface area contributed by atoms with Crippen LogP contribution in [-0.2, 0) is 24.3 Å². The van der Waals surface area contributed by atoms with E-state index in [1.165, 1.54) is 31.6 Å². The van der Waals surface area contributed by atoms with E-state index in [0.29, 0.717) is 22.9 Å². The van der Waals surface area contributed by atoms with Gasteiger partial charge in [0.1, 0.15) is 0 Å². The third-order valence-electron chi connectivity index (χ3n) is 6.23. The molecule has 2 aromatic rings. The van der Waals surface area contributed by atoms with E-state index >= 15 is 0 Å². The number of nitrogens with one attached hydrogen (secondary N) is 1. The number of methoxy groups -OCH3 is 1. The van der Waals surface area contributed by atoms with Crippen LogP contribution in [0.25, 0.3) is 0 Å². The van der Waals surface area contributed by atoms with Crippen molar-refractivity contribution in [3.8, 4) is 0 Å². The Bertz CT molecular complexity index is 1140. The van der Waals surface area contributed by atoms with Crippen LogP contribution in [0.2, 0.25) is 5.02 Å². The Hall–Kier alpha value is -2.60. The molecule has 1 fully saturated rings. The molecule has 0 bridgehead atoms. The van der Waals surface area contributed by atoms with Crippen LogP contribution in [0.1, 0.15) is 50.0 Å². The van der Waals surface area contributed by atoms with Crippen molar-refractivity contribution in [2.75, 3.05) is 32.1 Å². The number of hydrogen-bond acceptors (Lipinski definition) is 7. The number of nitrogens with zero attached hydrogens (tertiary/aromatic N) is 3. The number of aliphatic carboxylic acids is 1. The minimum absolute atomic E-state index is 0.00606. The van der Waals surface area contributed by atoms with Gasteiger partial charge in [-0.1, -0.05) is 49.4 Å². The fourth-order valence-electron chi connectivity index (χ4n) is 4.35. The number of carbonyl (C=O) groups excluding carboxylic acids is 1. The quantitative estimate of drug-likeness (QED) is 0.395. The number of hydrogen-bond donors (Lipinski definition) is 2. The van der Waals surface area contributed by atoms with Gasteiger partial charge in [-0.3, -0.25) is 14.9 Å². The van der Waals surface area contributed by atoms with E-state index in [0.717, 1.165) is 30.0 Å². The SMILES string of the molecule is COCCN(CCC(=O)O)S(=O)(=O)c1cccc(C(CC2CCCC2)C(=O)Nc2ncc(Cl)cn2)c1. The predicted molar refractivity (Wildman–Crippen MR) is 134 cm³/mol. The number of rotatable bonds is 13. The van der Waals surface area contributed by atoms with E-state index in [-0.39, 0.29) is 42.9 Å². The van der Waals surface area contributed by atoms with Gasteiger partial charge in [0.15, 0.2) is 0 Å². The van der Waals surface area contributed by atoms with Gasteiger partial charge < -0.3 is 9.84 Å². The number of carbonyl (C=O) groups is 2. The number of amides is 1. The second-order valence-corrected chi connectivity index (χ2v) is 11.1. The summed E-state index contributed by atoms with van der Waals surface area (Å²) in [6.45, 7) is -0.0618. The molecule has 3 rings (SSSR count). The molecule has 0 spiro atoms. The molecular weight excluding hydrogens is 508 g/mol. The monoisotopic (exact) mass is 538 g/mol. The largest absolute Gasteiger partial charge is 0.481 e. The van der Waals surface area contributed by atoms with Crippen LogP contribution in [0.5, 0.6) is 0 Å². The van der Waals surface area contributed by atoms with Crippen LogP contribution in [0.3, 0.4) is 0 Å². The minimum atomic E-state index is -4.02. The molecule has 1 atom stereocenters. The molecule has 1 unspecified atom stereocenters. The first-order chi connectivity index (χ1) is 17.2. The van der Waals surface area contributed by atoms with E-state index in [1.54, 1.807) is 12.1 Å². The second-order valence-electron chi connectivity index (χ2n) is 8.77. The molecule has 10 nitrogen and oxygen atoms in total. The fourth-order valence-corrected chi connectivity index (χ4v) is 5.93. The second kappa shape index (κ2) is 13.1. The van der Waals surface area contributed by atoms with Crippen LogP contribution in [0, 0.1) is 5.92 Å². The van der Waals surface area contributed by atoms with Crippen molar-refractivity contribution >= 4 is 39.4 Å². The van der Waals surface area contributed by atoms with Gasteiger partial charge in [0.2, 0.25) is 21.9 Å². The number of anilines is 1. The first-order valence-corrected chi connectivity index (χ1v) is 13.6. The van der Waals surface area contributed by atoms with Crippen molar-refractivity contribution in [2.45, 2.75) is 49.3 Å². The summed E-state index contributed by atoms with van der Waals surface area (Å²) < 4.78 is 32.9. The molecule has 0 radical (unpaired) electrons. The van der Waals surface area contributed by atoms with Gasteiger partial charge in [-0.25, -0.2) is 18.4 Å². The first-order valence-electron chi connectivity index (χ1n) is 11.8. The van der Waals surface area contributed by atoms with Gasteiger partial charge in [-0.2, -0.15) is 4.31 Å². The summed E-state index contributed by atoms with van der Waals surface area (Å²) >= 11 is 5.84. The maximum atomic E-state index is 13.4. The van der Waals surface area contributed by atoms with Gasteiger partial charge in [-0.15, -0.1) is 0 Å². The molecule has 36 heavy (non-hydrogen) atoms. The number of ether oxygens (including phenoxy) is 1.